The Morgan fingerprint density at radius 3 is 2.80 bits per heavy atom. The molecular weight excluding hydrogens is 350 g/mol. The standard InChI is InChI=1S/C16H14ClN3O5/c17-14-6-1-2-7-15(14)24-8-9-25-18-11-16(21)19-12-4-3-5-13(10-12)20(22)23/h1-7,10-11H,8-9H2,(H,19,21)/b18-11-. The van der Waals surface area contributed by atoms with Gasteiger partial charge in [-0.15, -0.1) is 0 Å². The molecule has 2 aromatic rings. The molecule has 25 heavy (non-hydrogen) atoms. The van der Waals surface area contributed by atoms with Crippen molar-refractivity contribution in [1.29, 1.82) is 0 Å². The summed E-state index contributed by atoms with van der Waals surface area (Å²) in [5.74, 6) is -0.0484. The lowest BCUT2D eigenvalue weighted by atomic mass is 10.3. The highest BCUT2D eigenvalue weighted by Gasteiger charge is 2.07. The molecule has 9 heteroatoms. The third-order valence-corrected chi connectivity index (χ3v) is 3.15. The molecule has 0 radical (unpaired) electrons. The molecule has 2 rings (SSSR count). The Kier molecular flexibility index (Phi) is 6.73. The van der Waals surface area contributed by atoms with Gasteiger partial charge >= 0.3 is 0 Å². The first-order chi connectivity index (χ1) is 12.1. The van der Waals surface area contributed by atoms with Crippen molar-refractivity contribution in [1.82, 2.24) is 0 Å². The normalized spacial score (nSPS) is 10.4. The Morgan fingerprint density at radius 2 is 2.04 bits per heavy atom. The van der Waals surface area contributed by atoms with Gasteiger partial charge in [-0.1, -0.05) is 35.0 Å². The fraction of sp³-hybridized carbons (Fsp3) is 0.125. The quantitative estimate of drug-likeness (QED) is 0.335. The van der Waals surface area contributed by atoms with E-state index in [9.17, 15) is 14.9 Å². The van der Waals surface area contributed by atoms with Crippen LogP contribution in [-0.2, 0) is 9.63 Å². The van der Waals surface area contributed by atoms with Gasteiger partial charge in [0.15, 0.2) is 6.61 Å². The number of oxime groups is 1. The number of benzene rings is 2. The van der Waals surface area contributed by atoms with Gasteiger partial charge in [0.25, 0.3) is 11.6 Å². The number of ether oxygens (including phenoxy) is 1. The maximum Gasteiger partial charge on any atom is 0.271 e. The molecule has 0 aliphatic carbocycles. The maximum absolute atomic E-state index is 11.6. The molecule has 0 fully saturated rings. The lowest BCUT2D eigenvalue weighted by Crippen LogP contribution is -2.13. The topological polar surface area (TPSA) is 103 Å². The number of nitrogens with one attached hydrogen (secondary N) is 1. The van der Waals surface area contributed by atoms with Crippen molar-refractivity contribution >= 4 is 35.1 Å². The Bertz CT molecular complexity index is 782. The van der Waals surface area contributed by atoms with Gasteiger partial charge in [-0.05, 0) is 18.2 Å². The minimum atomic E-state index is -0.576. The van der Waals surface area contributed by atoms with E-state index in [0.29, 0.717) is 10.8 Å². The molecule has 0 aliphatic rings. The van der Waals surface area contributed by atoms with Crippen LogP contribution in [0.1, 0.15) is 0 Å². The summed E-state index contributed by atoms with van der Waals surface area (Å²) in [6, 6.07) is 12.6. The van der Waals surface area contributed by atoms with Gasteiger partial charge in [0.1, 0.15) is 18.6 Å². The van der Waals surface area contributed by atoms with E-state index in [-0.39, 0.29) is 24.6 Å². The molecule has 0 saturated carbocycles. The number of hydrogen-bond acceptors (Lipinski definition) is 6. The van der Waals surface area contributed by atoms with Gasteiger partial charge in [-0.2, -0.15) is 0 Å². The summed E-state index contributed by atoms with van der Waals surface area (Å²) in [5.41, 5.74) is 0.162. The SMILES string of the molecule is O=C(/C=N\OCCOc1ccccc1Cl)Nc1cccc([N+](=O)[O-])c1. The van der Waals surface area contributed by atoms with E-state index in [0.717, 1.165) is 6.21 Å². The van der Waals surface area contributed by atoms with E-state index in [2.05, 4.69) is 10.5 Å². The summed E-state index contributed by atoms with van der Waals surface area (Å²) < 4.78 is 5.38. The van der Waals surface area contributed by atoms with E-state index in [1.807, 2.05) is 0 Å². The average molecular weight is 364 g/mol. The number of rotatable bonds is 8. The Labute approximate surface area is 148 Å². The van der Waals surface area contributed by atoms with E-state index in [1.165, 1.54) is 24.3 Å². The monoisotopic (exact) mass is 363 g/mol. The summed E-state index contributed by atoms with van der Waals surface area (Å²) >= 11 is 5.92. The average Bonchev–Trinajstić information content (AvgIpc) is 2.59. The molecule has 0 bridgehead atoms. The van der Waals surface area contributed by atoms with Crippen molar-refractivity contribution in [3.05, 3.63) is 63.7 Å². The van der Waals surface area contributed by atoms with Crippen LogP contribution in [0.3, 0.4) is 0 Å². The fourth-order valence-corrected chi connectivity index (χ4v) is 1.95. The largest absolute Gasteiger partial charge is 0.488 e. The van der Waals surface area contributed by atoms with Crippen LogP contribution in [0.15, 0.2) is 53.7 Å². The maximum atomic E-state index is 11.6. The lowest BCUT2D eigenvalue weighted by molar-refractivity contribution is -0.384. The first-order valence-corrected chi connectivity index (χ1v) is 7.52. The molecule has 0 atom stereocenters. The highest BCUT2D eigenvalue weighted by atomic mass is 35.5. The summed E-state index contributed by atoms with van der Waals surface area (Å²) in [7, 11) is 0. The Hall–Kier alpha value is -3.13. The lowest BCUT2D eigenvalue weighted by Gasteiger charge is -2.06. The van der Waals surface area contributed by atoms with Gasteiger partial charge in [-0.25, -0.2) is 0 Å². The number of carbonyl (C=O) groups is 1. The van der Waals surface area contributed by atoms with Gasteiger partial charge < -0.3 is 14.9 Å². The highest BCUT2D eigenvalue weighted by Crippen LogP contribution is 2.22. The summed E-state index contributed by atoms with van der Waals surface area (Å²) in [6.45, 7) is 0.319. The zero-order valence-electron chi connectivity index (χ0n) is 12.9. The summed E-state index contributed by atoms with van der Waals surface area (Å²) in [5, 5.41) is 17.1. The van der Waals surface area contributed by atoms with Crippen molar-refractivity contribution in [2.24, 2.45) is 5.16 Å². The molecule has 0 aliphatic heterocycles. The number of anilines is 1. The van der Waals surface area contributed by atoms with Gasteiger partial charge in [0.2, 0.25) is 0 Å². The van der Waals surface area contributed by atoms with Crippen LogP contribution in [0.5, 0.6) is 5.75 Å². The molecule has 0 saturated heterocycles. The van der Waals surface area contributed by atoms with Crippen LogP contribution in [-0.4, -0.2) is 30.3 Å². The number of para-hydroxylation sites is 1. The fourth-order valence-electron chi connectivity index (χ4n) is 1.76. The van der Waals surface area contributed by atoms with Crippen LogP contribution >= 0.6 is 11.6 Å². The number of carbonyl (C=O) groups excluding carboxylic acids is 1. The van der Waals surface area contributed by atoms with Crippen LogP contribution in [0, 0.1) is 10.1 Å². The van der Waals surface area contributed by atoms with Gasteiger partial charge in [-0.3, -0.25) is 14.9 Å². The summed E-state index contributed by atoms with van der Waals surface area (Å²) in [6.07, 6.45) is 0.925. The molecule has 2 aromatic carbocycles. The van der Waals surface area contributed by atoms with E-state index in [1.54, 1.807) is 24.3 Å². The molecule has 0 unspecified atom stereocenters. The number of non-ortho nitro benzene ring substituents is 1. The second kappa shape index (κ2) is 9.24. The van der Waals surface area contributed by atoms with Gasteiger partial charge in [0, 0.05) is 17.8 Å². The first kappa shape index (κ1) is 18.2. The molecule has 130 valence electrons. The van der Waals surface area contributed by atoms with E-state index < -0.39 is 10.8 Å². The number of nitro groups is 1. The predicted octanol–water partition coefficient (Wildman–Crippen LogP) is 3.27. The third-order valence-electron chi connectivity index (χ3n) is 2.84. The molecule has 8 nitrogen and oxygen atoms in total. The number of nitrogens with zero attached hydrogens (tertiary/aromatic N) is 2. The van der Waals surface area contributed by atoms with Crippen LogP contribution in [0.25, 0.3) is 0 Å². The second-order valence-corrected chi connectivity index (χ2v) is 5.05. The van der Waals surface area contributed by atoms with Crippen molar-refractivity contribution in [3.63, 3.8) is 0 Å². The number of nitro benzene ring substituents is 1. The van der Waals surface area contributed by atoms with Crippen LogP contribution in [0.4, 0.5) is 11.4 Å². The van der Waals surface area contributed by atoms with Crippen molar-refractivity contribution in [3.8, 4) is 5.75 Å². The summed E-state index contributed by atoms with van der Waals surface area (Å²) in [4.78, 5) is 26.6. The zero-order chi connectivity index (χ0) is 18.1. The van der Waals surface area contributed by atoms with Crippen LogP contribution < -0.4 is 10.1 Å². The van der Waals surface area contributed by atoms with Gasteiger partial charge in [0.05, 0.1) is 9.95 Å². The highest BCUT2D eigenvalue weighted by molar-refractivity contribution is 6.32. The smallest absolute Gasteiger partial charge is 0.271 e. The molecule has 1 N–H and O–H groups in total. The molecular formula is C16H14ClN3O5. The number of halogens is 1. The molecule has 0 aromatic heterocycles. The second-order valence-electron chi connectivity index (χ2n) is 4.64. The van der Waals surface area contributed by atoms with Crippen LogP contribution in [0.2, 0.25) is 5.02 Å². The predicted molar refractivity (Wildman–Crippen MR) is 93.1 cm³/mol. The molecule has 0 heterocycles. The molecule has 1 amide bonds. The Morgan fingerprint density at radius 1 is 1.24 bits per heavy atom. The number of amides is 1. The van der Waals surface area contributed by atoms with Crippen molar-refractivity contribution in [2.75, 3.05) is 18.5 Å². The minimum Gasteiger partial charge on any atom is -0.488 e. The molecule has 0 spiro atoms. The Balaban J connectivity index is 1.71. The zero-order valence-corrected chi connectivity index (χ0v) is 13.7. The number of hydrogen-bond donors (Lipinski definition) is 1. The van der Waals surface area contributed by atoms with E-state index >= 15 is 0 Å². The minimum absolute atomic E-state index is 0.117. The van der Waals surface area contributed by atoms with E-state index in [4.69, 9.17) is 21.2 Å². The van der Waals surface area contributed by atoms with Crippen molar-refractivity contribution in [2.45, 2.75) is 0 Å². The third kappa shape index (κ3) is 6.11. The van der Waals surface area contributed by atoms with Crippen molar-refractivity contribution < 1.29 is 19.3 Å². The first-order valence-electron chi connectivity index (χ1n) is 7.14.